The molecule has 0 radical (unpaired) electrons. The van der Waals surface area contributed by atoms with Gasteiger partial charge in [0.15, 0.2) is 0 Å². The molecule has 0 spiro atoms. The van der Waals surface area contributed by atoms with Crippen LogP contribution in [0.3, 0.4) is 0 Å². The van der Waals surface area contributed by atoms with Gasteiger partial charge in [0.2, 0.25) is 5.96 Å². The second kappa shape index (κ2) is 5.04. The van der Waals surface area contributed by atoms with E-state index in [2.05, 4.69) is 10.4 Å². The molecule has 0 aliphatic carbocycles. The van der Waals surface area contributed by atoms with Crippen molar-refractivity contribution < 1.29 is 4.74 Å². The van der Waals surface area contributed by atoms with Gasteiger partial charge in [0.05, 0.1) is 6.10 Å². The first-order valence-corrected chi connectivity index (χ1v) is 4.54. The first-order chi connectivity index (χ1) is 6.27. The Kier molecular flexibility index (Phi) is 3.98. The third-order valence-electron chi connectivity index (χ3n) is 2.20. The van der Waals surface area contributed by atoms with E-state index in [0.29, 0.717) is 12.1 Å². The van der Waals surface area contributed by atoms with Gasteiger partial charge in [0, 0.05) is 27.2 Å². The molecule has 1 aliphatic rings. The third-order valence-corrected chi connectivity index (χ3v) is 2.20. The molecule has 0 amide bonds. The number of hydrogen-bond acceptors (Lipinski definition) is 3. The summed E-state index contributed by atoms with van der Waals surface area (Å²) < 4.78 is 5.50. The lowest BCUT2D eigenvalue weighted by Crippen LogP contribution is -2.45. The summed E-state index contributed by atoms with van der Waals surface area (Å²) in [5, 5.41) is 0. The van der Waals surface area contributed by atoms with Gasteiger partial charge < -0.3 is 9.64 Å². The van der Waals surface area contributed by atoms with Crippen LogP contribution in [-0.4, -0.2) is 44.2 Å². The molecular formula is C8H18N4O. The first-order valence-electron chi connectivity index (χ1n) is 4.54. The molecular weight excluding hydrogens is 168 g/mol. The van der Waals surface area contributed by atoms with Crippen LogP contribution in [0.4, 0.5) is 0 Å². The summed E-state index contributed by atoms with van der Waals surface area (Å²) in [4.78, 5) is 5.97. The van der Waals surface area contributed by atoms with Crippen molar-refractivity contribution in [2.75, 3.05) is 27.2 Å². The molecule has 1 heterocycles. The van der Waals surface area contributed by atoms with Crippen molar-refractivity contribution in [3.8, 4) is 0 Å². The van der Waals surface area contributed by atoms with E-state index in [-0.39, 0.29) is 0 Å². The van der Waals surface area contributed by atoms with Crippen LogP contribution in [0.1, 0.15) is 12.8 Å². The molecule has 0 bridgehead atoms. The van der Waals surface area contributed by atoms with Gasteiger partial charge in [0.25, 0.3) is 0 Å². The summed E-state index contributed by atoms with van der Waals surface area (Å²) in [5.41, 5.74) is 2.55. The summed E-state index contributed by atoms with van der Waals surface area (Å²) in [7, 11) is 3.66. The molecule has 0 aromatic rings. The molecule has 1 aliphatic heterocycles. The number of nitrogens with one attached hydrogen (secondary N) is 1. The van der Waals surface area contributed by atoms with Gasteiger partial charge in [-0.1, -0.05) is 0 Å². The van der Waals surface area contributed by atoms with E-state index in [4.69, 9.17) is 10.6 Å². The summed E-state index contributed by atoms with van der Waals surface area (Å²) in [6.45, 7) is 1.73. The van der Waals surface area contributed by atoms with Crippen LogP contribution >= 0.6 is 0 Å². The fourth-order valence-corrected chi connectivity index (χ4v) is 1.53. The molecule has 3 N–H and O–H groups in total. The summed E-state index contributed by atoms with van der Waals surface area (Å²) in [6.07, 6.45) is 2.62. The Labute approximate surface area is 78.9 Å². The lowest BCUT2D eigenvalue weighted by atomic mass is 10.2. The first kappa shape index (κ1) is 10.3. The minimum atomic E-state index is 0.329. The lowest BCUT2D eigenvalue weighted by Gasteiger charge is -2.22. The fraction of sp³-hybridized carbons (Fsp3) is 0.875. The van der Waals surface area contributed by atoms with Crippen molar-refractivity contribution in [3.63, 3.8) is 0 Å². The van der Waals surface area contributed by atoms with Crippen molar-refractivity contribution in [1.29, 1.82) is 0 Å². The number of nitrogens with two attached hydrogens (primary N) is 1. The number of ether oxygens (including phenoxy) is 1. The predicted octanol–water partition coefficient (Wildman–Crippen LogP) is -0.454. The van der Waals surface area contributed by atoms with Gasteiger partial charge in [-0.3, -0.25) is 10.4 Å². The molecule has 5 nitrogen and oxygen atoms in total. The van der Waals surface area contributed by atoms with Crippen LogP contribution in [0.2, 0.25) is 0 Å². The Morgan fingerprint density at radius 3 is 3.00 bits per heavy atom. The molecule has 1 saturated heterocycles. The molecule has 0 aromatic heterocycles. The highest BCUT2D eigenvalue weighted by Gasteiger charge is 2.18. The van der Waals surface area contributed by atoms with Crippen molar-refractivity contribution >= 4 is 5.96 Å². The third kappa shape index (κ3) is 2.86. The van der Waals surface area contributed by atoms with E-state index in [1.54, 1.807) is 7.05 Å². The molecule has 1 unspecified atom stereocenters. The van der Waals surface area contributed by atoms with Crippen LogP contribution in [0, 0.1) is 0 Å². The second-order valence-corrected chi connectivity index (χ2v) is 3.21. The monoisotopic (exact) mass is 186 g/mol. The van der Waals surface area contributed by atoms with Gasteiger partial charge in [-0.25, -0.2) is 5.84 Å². The van der Waals surface area contributed by atoms with Crippen molar-refractivity contribution in [2.45, 2.75) is 18.9 Å². The molecule has 1 rings (SSSR count). The zero-order valence-corrected chi connectivity index (χ0v) is 8.29. The second-order valence-electron chi connectivity index (χ2n) is 3.21. The molecule has 5 heteroatoms. The van der Waals surface area contributed by atoms with Crippen LogP contribution in [0.5, 0.6) is 0 Å². The van der Waals surface area contributed by atoms with E-state index >= 15 is 0 Å². The van der Waals surface area contributed by atoms with E-state index in [1.807, 2.05) is 11.9 Å². The molecule has 1 atom stereocenters. The minimum Gasteiger partial charge on any atom is -0.376 e. The molecule has 76 valence electrons. The van der Waals surface area contributed by atoms with Gasteiger partial charge in [0.1, 0.15) is 0 Å². The smallest absolute Gasteiger partial charge is 0.207 e. The number of guanidine groups is 1. The van der Waals surface area contributed by atoms with E-state index in [9.17, 15) is 0 Å². The molecule has 0 aromatic carbocycles. The standard InChI is InChI=1S/C8H18N4O/c1-10-8(11-9)12(2)6-7-4-3-5-13-7/h7H,3-6,9H2,1-2H3,(H,10,11). The maximum Gasteiger partial charge on any atom is 0.207 e. The Hall–Kier alpha value is -0.810. The zero-order valence-electron chi connectivity index (χ0n) is 8.29. The SMILES string of the molecule is CN=C(NN)N(C)CC1CCCO1. The number of hydrogen-bond donors (Lipinski definition) is 2. The van der Waals surface area contributed by atoms with Crippen molar-refractivity contribution in [1.82, 2.24) is 10.3 Å². The predicted molar refractivity (Wildman–Crippen MR) is 52.3 cm³/mol. The Morgan fingerprint density at radius 1 is 1.77 bits per heavy atom. The van der Waals surface area contributed by atoms with Gasteiger partial charge >= 0.3 is 0 Å². The van der Waals surface area contributed by atoms with Crippen molar-refractivity contribution in [2.24, 2.45) is 10.8 Å². The Morgan fingerprint density at radius 2 is 2.54 bits per heavy atom. The Balaban J connectivity index is 2.34. The highest BCUT2D eigenvalue weighted by Crippen LogP contribution is 2.12. The zero-order chi connectivity index (χ0) is 9.68. The number of likely N-dealkylation sites (N-methyl/N-ethyl adjacent to an activating group) is 1. The minimum absolute atomic E-state index is 0.329. The number of aliphatic imine (C=N–C) groups is 1. The highest BCUT2D eigenvalue weighted by molar-refractivity contribution is 5.78. The largest absolute Gasteiger partial charge is 0.376 e. The number of nitrogens with zero attached hydrogens (tertiary/aromatic N) is 2. The Bertz CT molecular complexity index is 177. The molecule has 13 heavy (non-hydrogen) atoms. The van der Waals surface area contributed by atoms with Gasteiger partial charge in [-0.15, -0.1) is 0 Å². The van der Waals surface area contributed by atoms with Gasteiger partial charge in [-0.05, 0) is 12.8 Å². The van der Waals surface area contributed by atoms with E-state index in [1.165, 1.54) is 0 Å². The molecule has 1 fully saturated rings. The number of hydrazine groups is 1. The lowest BCUT2D eigenvalue weighted by molar-refractivity contribution is 0.0952. The molecule has 0 saturated carbocycles. The summed E-state index contributed by atoms with van der Waals surface area (Å²) in [6, 6.07) is 0. The van der Waals surface area contributed by atoms with E-state index < -0.39 is 0 Å². The van der Waals surface area contributed by atoms with Crippen molar-refractivity contribution in [3.05, 3.63) is 0 Å². The normalized spacial score (nSPS) is 23.3. The van der Waals surface area contributed by atoms with Crippen LogP contribution in [-0.2, 0) is 4.74 Å². The van der Waals surface area contributed by atoms with Gasteiger partial charge in [-0.2, -0.15) is 0 Å². The summed E-state index contributed by atoms with van der Waals surface area (Å²) >= 11 is 0. The maximum absolute atomic E-state index is 5.50. The average molecular weight is 186 g/mol. The topological polar surface area (TPSA) is 62.9 Å². The quantitative estimate of drug-likeness (QED) is 0.265. The van der Waals surface area contributed by atoms with E-state index in [0.717, 1.165) is 26.0 Å². The highest BCUT2D eigenvalue weighted by atomic mass is 16.5. The van der Waals surface area contributed by atoms with Crippen LogP contribution in [0.25, 0.3) is 0 Å². The van der Waals surface area contributed by atoms with Crippen LogP contribution < -0.4 is 11.3 Å². The average Bonchev–Trinajstić information content (AvgIpc) is 2.59. The fourth-order valence-electron chi connectivity index (χ4n) is 1.53. The van der Waals surface area contributed by atoms with Crippen LogP contribution in [0.15, 0.2) is 4.99 Å². The summed E-state index contributed by atoms with van der Waals surface area (Å²) in [5.74, 6) is 5.99. The maximum atomic E-state index is 5.50. The number of rotatable bonds is 2.